The molecule has 1 aliphatic heterocycles. The van der Waals surface area contributed by atoms with Crippen LogP contribution in [-0.4, -0.2) is 31.1 Å². The van der Waals surface area contributed by atoms with E-state index in [0.29, 0.717) is 17.2 Å². The van der Waals surface area contributed by atoms with Crippen LogP contribution >= 0.6 is 11.3 Å². The zero-order valence-corrected chi connectivity index (χ0v) is 11.8. The van der Waals surface area contributed by atoms with Crippen LogP contribution in [-0.2, 0) is 17.7 Å². The fourth-order valence-electron chi connectivity index (χ4n) is 2.16. The van der Waals surface area contributed by atoms with Crippen molar-refractivity contribution in [3.63, 3.8) is 0 Å². The third-order valence-electron chi connectivity index (χ3n) is 3.21. The number of thiophene rings is 1. The molecule has 18 heavy (non-hydrogen) atoms. The lowest BCUT2D eigenvalue weighted by Crippen LogP contribution is -2.26. The van der Waals surface area contributed by atoms with E-state index in [1.165, 1.54) is 16.2 Å². The maximum Gasteiger partial charge on any atom is 0.341 e. The number of hydrogen-bond donors (Lipinski definition) is 1. The summed E-state index contributed by atoms with van der Waals surface area (Å²) < 4.78 is 5.27. The van der Waals surface area contributed by atoms with E-state index in [9.17, 15) is 4.79 Å². The zero-order chi connectivity index (χ0) is 13.1. The molecule has 1 aliphatic rings. The lowest BCUT2D eigenvalue weighted by Gasteiger charge is -2.22. The summed E-state index contributed by atoms with van der Waals surface area (Å²) in [6.07, 6.45) is 2.81. The summed E-state index contributed by atoms with van der Waals surface area (Å²) >= 11 is 1.52. The number of nitrogens with two attached hydrogens (primary N) is 1. The highest BCUT2D eigenvalue weighted by Gasteiger charge is 2.26. The molecule has 0 radical (unpaired) electrons. The first-order valence-electron chi connectivity index (χ1n) is 6.39. The molecule has 100 valence electrons. The number of ether oxygens (including phenoxy) is 1. The van der Waals surface area contributed by atoms with E-state index in [0.717, 1.165) is 37.9 Å². The van der Waals surface area contributed by atoms with Crippen molar-refractivity contribution in [3.8, 4) is 0 Å². The van der Waals surface area contributed by atoms with E-state index in [4.69, 9.17) is 10.5 Å². The van der Waals surface area contributed by atoms with Gasteiger partial charge in [0.25, 0.3) is 0 Å². The summed E-state index contributed by atoms with van der Waals surface area (Å²) in [5.74, 6) is -0.247. The molecule has 0 bridgehead atoms. The van der Waals surface area contributed by atoms with Gasteiger partial charge in [0, 0.05) is 18.0 Å². The van der Waals surface area contributed by atoms with Crippen LogP contribution in [0, 0.1) is 0 Å². The fraction of sp³-hybridized carbons (Fsp3) is 0.615. The molecular formula is C13H20N2O2S. The Bertz CT molecular complexity index is 442. The van der Waals surface area contributed by atoms with Crippen molar-refractivity contribution in [1.82, 2.24) is 4.90 Å². The van der Waals surface area contributed by atoms with Crippen molar-refractivity contribution in [2.75, 3.05) is 25.9 Å². The Hall–Kier alpha value is -1.07. The highest BCUT2D eigenvalue weighted by atomic mass is 32.1. The molecule has 0 spiro atoms. The predicted molar refractivity (Wildman–Crippen MR) is 74.0 cm³/mol. The minimum absolute atomic E-state index is 0.247. The average molecular weight is 268 g/mol. The van der Waals surface area contributed by atoms with Crippen LogP contribution in [0.4, 0.5) is 5.00 Å². The lowest BCUT2D eigenvalue weighted by atomic mass is 10.0. The quantitative estimate of drug-likeness (QED) is 0.672. The molecule has 2 heterocycles. The Morgan fingerprint density at radius 2 is 2.33 bits per heavy atom. The summed E-state index contributed by atoms with van der Waals surface area (Å²) in [6.45, 7) is 4.41. The highest BCUT2D eigenvalue weighted by molar-refractivity contribution is 7.16. The second-order valence-corrected chi connectivity index (χ2v) is 5.86. The Morgan fingerprint density at radius 3 is 3.06 bits per heavy atom. The van der Waals surface area contributed by atoms with Crippen LogP contribution < -0.4 is 5.73 Å². The minimum Gasteiger partial charge on any atom is -0.462 e. The van der Waals surface area contributed by atoms with Crippen molar-refractivity contribution in [2.24, 2.45) is 0 Å². The minimum atomic E-state index is -0.247. The molecule has 0 aromatic carbocycles. The first-order valence-corrected chi connectivity index (χ1v) is 7.20. The van der Waals surface area contributed by atoms with Gasteiger partial charge in [0.1, 0.15) is 5.00 Å². The molecule has 0 saturated carbocycles. The number of unbranched alkanes of at least 4 members (excludes halogenated alkanes) is 1. The molecule has 1 aromatic heterocycles. The maximum atomic E-state index is 12.0. The van der Waals surface area contributed by atoms with Crippen LogP contribution in [0.1, 0.15) is 40.6 Å². The van der Waals surface area contributed by atoms with Crippen molar-refractivity contribution in [2.45, 2.75) is 32.7 Å². The van der Waals surface area contributed by atoms with Crippen molar-refractivity contribution in [3.05, 3.63) is 16.0 Å². The van der Waals surface area contributed by atoms with Crippen LogP contribution in [0.2, 0.25) is 0 Å². The normalized spacial score (nSPS) is 15.4. The van der Waals surface area contributed by atoms with Gasteiger partial charge in [0.15, 0.2) is 0 Å². The third kappa shape index (κ3) is 2.67. The number of hydrogen-bond acceptors (Lipinski definition) is 5. The molecule has 4 nitrogen and oxygen atoms in total. The van der Waals surface area contributed by atoms with Gasteiger partial charge in [-0.25, -0.2) is 4.79 Å². The van der Waals surface area contributed by atoms with Gasteiger partial charge >= 0.3 is 5.97 Å². The number of esters is 1. The van der Waals surface area contributed by atoms with Gasteiger partial charge < -0.3 is 15.4 Å². The summed E-state index contributed by atoms with van der Waals surface area (Å²) in [5, 5.41) is 0.608. The number of carbonyl (C=O) groups is 1. The Labute approximate surface area is 112 Å². The largest absolute Gasteiger partial charge is 0.462 e. The second kappa shape index (κ2) is 5.71. The number of carbonyl (C=O) groups excluding carboxylic acids is 1. The topological polar surface area (TPSA) is 55.6 Å². The zero-order valence-electron chi connectivity index (χ0n) is 11.0. The lowest BCUT2D eigenvalue weighted by molar-refractivity contribution is 0.0499. The molecule has 2 N–H and O–H groups in total. The maximum absolute atomic E-state index is 12.0. The first kappa shape index (κ1) is 13.4. The molecular weight excluding hydrogens is 248 g/mol. The number of nitrogen functional groups attached to an aromatic ring is 1. The molecule has 0 fully saturated rings. The number of rotatable bonds is 4. The SMILES string of the molecule is CCCCOC(=O)c1c(N)sc2c1CCN(C)C2. The van der Waals surface area contributed by atoms with Crippen LogP contribution in [0.5, 0.6) is 0 Å². The van der Waals surface area contributed by atoms with Gasteiger partial charge in [-0.3, -0.25) is 0 Å². The van der Waals surface area contributed by atoms with Gasteiger partial charge in [0.05, 0.1) is 12.2 Å². The Kier molecular flexibility index (Phi) is 4.24. The van der Waals surface area contributed by atoms with Crippen LogP contribution in [0.3, 0.4) is 0 Å². The van der Waals surface area contributed by atoms with Crippen molar-refractivity contribution >= 4 is 22.3 Å². The Balaban J connectivity index is 2.15. The van der Waals surface area contributed by atoms with E-state index in [2.05, 4.69) is 18.9 Å². The second-order valence-electron chi connectivity index (χ2n) is 4.72. The van der Waals surface area contributed by atoms with Crippen molar-refractivity contribution in [1.29, 1.82) is 0 Å². The standard InChI is InChI=1S/C13H20N2O2S/c1-3-4-7-17-13(16)11-9-5-6-15(2)8-10(9)18-12(11)14/h3-8,14H2,1-2H3. The van der Waals surface area contributed by atoms with Crippen molar-refractivity contribution < 1.29 is 9.53 Å². The fourth-order valence-corrected chi connectivity index (χ4v) is 3.34. The predicted octanol–water partition coefficient (Wildman–Crippen LogP) is 2.28. The summed E-state index contributed by atoms with van der Waals surface area (Å²) in [6, 6.07) is 0. The van der Waals surface area contributed by atoms with Gasteiger partial charge in [-0.2, -0.15) is 0 Å². The molecule has 0 aliphatic carbocycles. The van der Waals surface area contributed by atoms with Gasteiger partial charge in [-0.1, -0.05) is 13.3 Å². The molecule has 0 amide bonds. The highest BCUT2D eigenvalue weighted by Crippen LogP contribution is 2.35. The molecule has 0 saturated heterocycles. The number of nitrogens with zero attached hydrogens (tertiary/aromatic N) is 1. The molecule has 2 rings (SSSR count). The number of likely N-dealkylation sites (N-methyl/N-ethyl adjacent to an activating group) is 1. The summed E-state index contributed by atoms with van der Waals surface area (Å²) in [4.78, 5) is 15.5. The van der Waals surface area contributed by atoms with Gasteiger partial charge in [-0.15, -0.1) is 11.3 Å². The van der Waals surface area contributed by atoms with E-state index < -0.39 is 0 Å². The van der Waals surface area contributed by atoms with Gasteiger partial charge in [-0.05, 0) is 25.5 Å². The first-order chi connectivity index (χ1) is 8.63. The molecule has 0 atom stereocenters. The van der Waals surface area contributed by atoms with E-state index in [1.807, 2.05) is 0 Å². The van der Waals surface area contributed by atoms with E-state index >= 15 is 0 Å². The third-order valence-corrected chi connectivity index (χ3v) is 4.26. The van der Waals surface area contributed by atoms with E-state index in [-0.39, 0.29) is 5.97 Å². The average Bonchev–Trinajstić information content (AvgIpc) is 2.64. The number of anilines is 1. The van der Waals surface area contributed by atoms with Gasteiger partial charge in [0.2, 0.25) is 0 Å². The number of fused-ring (bicyclic) bond motifs is 1. The molecule has 0 unspecified atom stereocenters. The smallest absolute Gasteiger partial charge is 0.341 e. The summed E-state index contributed by atoms with van der Waals surface area (Å²) in [7, 11) is 2.08. The summed E-state index contributed by atoms with van der Waals surface area (Å²) in [5.41, 5.74) is 7.70. The molecule has 5 heteroatoms. The monoisotopic (exact) mass is 268 g/mol. The van der Waals surface area contributed by atoms with Crippen LogP contribution in [0.15, 0.2) is 0 Å². The van der Waals surface area contributed by atoms with Crippen LogP contribution in [0.25, 0.3) is 0 Å². The Morgan fingerprint density at radius 1 is 1.56 bits per heavy atom. The van der Waals surface area contributed by atoms with E-state index in [1.54, 1.807) is 0 Å². The molecule has 1 aromatic rings.